The van der Waals surface area contributed by atoms with Crippen LogP contribution in [-0.2, 0) is 26.5 Å². The number of furan rings is 1. The molecule has 9 rings (SSSR count). The maximum Gasteiger partial charge on any atom is 0.158 e. The van der Waals surface area contributed by atoms with Crippen molar-refractivity contribution in [2.75, 3.05) is 16.8 Å². The van der Waals surface area contributed by atoms with Crippen LogP contribution < -0.4 is 14.5 Å². The third-order valence-corrected chi connectivity index (χ3v) is 8.92. The van der Waals surface area contributed by atoms with Crippen LogP contribution in [0.3, 0.4) is 0 Å². The molecule has 0 saturated carbocycles. The van der Waals surface area contributed by atoms with Crippen molar-refractivity contribution >= 4 is 60.8 Å². The molecule has 1 aliphatic heterocycles. The van der Waals surface area contributed by atoms with E-state index in [2.05, 4.69) is 113 Å². The van der Waals surface area contributed by atoms with Crippen molar-refractivity contribution in [3.8, 4) is 17.4 Å². The fourth-order valence-corrected chi connectivity index (χ4v) is 6.62. The summed E-state index contributed by atoms with van der Waals surface area (Å²) in [6.07, 6.45) is 3.62. The van der Waals surface area contributed by atoms with Crippen LogP contribution in [0, 0.1) is 18.8 Å². The van der Waals surface area contributed by atoms with E-state index in [0.717, 1.165) is 66.6 Å². The van der Waals surface area contributed by atoms with E-state index in [0.29, 0.717) is 11.6 Å². The molecule has 7 nitrogen and oxygen atoms in total. The predicted molar refractivity (Wildman–Crippen MR) is 188 cm³/mol. The Morgan fingerprint density at radius 2 is 1.56 bits per heavy atom. The van der Waals surface area contributed by atoms with Crippen LogP contribution >= 0.6 is 0 Å². The van der Waals surface area contributed by atoms with Crippen molar-refractivity contribution in [1.29, 1.82) is 0 Å². The Morgan fingerprint density at radius 1 is 0.792 bits per heavy atom. The zero-order chi connectivity index (χ0) is 31.9. The van der Waals surface area contributed by atoms with E-state index in [-0.39, 0.29) is 26.5 Å². The molecule has 240 valence electrons. The molecule has 0 unspecified atom stereocenters. The van der Waals surface area contributed by atoms with Gasteiger partial charge in [-0.25, -0.2) is 4.98 Å². The summed E-state index contributed by atoms with van der Waals surface area (Å²) >= 11 is 0. The summed E-state index contributed by atoms with van der Waals surface area (Å²) < 4.78 is 14.8. The molecule has 8 heteroatoms. The second kappa shape index (κ2) is 11.2. The van der Waals surface area contributed by atoms with Crippen LogP contribution in [0.1, 0.15) is 26.3 Å². The van der Waals surface area contributed by atoms with Crippen molar-refractivity contribution in [3.05, 3.63) is 128 Å². The Labute approximate surface area is 292 Å². The van der Waals surface area contributed by atoms with Gasteiger partial charge in [0.1, 0.15) is 17.3 Å². The minimum atomic E-state index is -0.0128. The molecule has 0 saturated heterocycles. The summed E-state index contributed by atoms with van der Waals surface area (Å²) in [6.45, 7) is 8.67. The van der Waals surface area contributed by atoms with Gasteiger partial charge in [0.2, 0.25) is 0 Å². The van der Waals surface area contributed by atoms with Gasteiger partial charge in [-0.2, -0.15) is 30.6 Å². The van der Waals surface area contributed by atoms with Crippen molar-refractivity contribution in [2.45, 2.75) is 26.2 Å². The molecule has 4 aromatic carbocycles. The third kappa shape index (κ3) is 4.76. The second-order valence-corrected chi connectivity index (χ2v) is 13.0. The standard InChI is InChI=1S/C40H30N5O2.Pt/c1-40(2,3)25-17-19-41-36(21-25)45-32-11-7-5-9-28(32)29-14-13-27(23-34(29)45)46-37-22-26(18-20-42-37)44-24-43(4)38-33(44)16-15-31-30-10-6-8-12-35(30)47-39(31)38;/h5-21,24H,1-4H3;/q-3;. The van der Waals surface area contributed by atoms with E-state index in [1.807, 2.05) is 50.2 Å². The molecule has 8 aromatic rings. The van der Waals surface area contributed by atoms with E-state index in [1.165, 1.54) is 5.56 Å². The molecule has 0 N–H and O–H groups in total. The first-order valence-electron chi connectivity index (χ1n) is 15.6. The number of ether oxygens (including phenoxy) is 1. The molecular formula is C40H30N5O2Pt-3. The van der Waals surface area contributed by atoms with Gasteiger partial charge in [0.25, 0.3) is 0 Å². The number of fused-ring (bicyclic) bond motifs is 8. The Bertz CT molecular complexity index is 2510. The number of hydrogen-bond donors (Lipinski definition) is 0. The summed E-state index contributed by atoms with van der Waals surface area (Å²) in [5.41, 5.74) is 7.68. The van der Waals surface area contributed by atoms with E-state index >= 15 is 0 Å². The average molecular weight is 808 g/mol. The number of nitrogens with zero attached hydrogens (tertiary/aromatic N) is 5. The first kappa shape index (κ1) is 30.2. The summed E-state index contributed by atoms with van der Waals surface area (Å²) in [5.74, 6) is 1.74. The molecule has 1 aliphatic rings. The predicted octanol–water partition coefficient (Wildman–Crippen LogP) is 9.87. The van der Waals surface area contributed by atoms with E-state index in [1.54, 1.807) is 6.20 Å². The molecule has 0 atom stereocenters. The Balaban J connectivity index is 0.00000336. The van der Waals surface area contributed by atoms with Crippen molar-refractivity contribution in [2.24, 2.45) is 0 Å². The molecule has 5 heterocycles. The monoisotopic (exact) mass is 807 g/mol. The van der Waals surface area contributed by atoms with E-state index in [4.69, 9.17) is 14.1 Å². The number of para-hydroxylation sites is 2. The first-order chi connectivity index (χ1) is 22.8. The third-order valence-electron chi connectivity index (χ3n) is 8.92. The van der Waals surface area contributed by atoms with Crippen molar-refractivity contribution in [1.82, 2.24) is 14.5 Å². The van der Waals surface area contributed by atoms with Gasteiger partial charge in [-0.15, -0.1) is 17.5 Å². The second-order valence-electron chi connectivity index (χ2n) is 13.0. The number of benzene rings is 4. The van der Waals surface area contributed by atoms with Crippen molar-refractivity contribution < 1.29 is 30.2 Å². The molecule has 4 aromatic heterocycles. The molecule has 0 aliphatic carbocycles. The Kier molecular flexibility index (Phi) is 7.08. The smallest absolute Gasteiger partial charge is 0.158 e. The summed E-state index contributed by atoms with van der Waals surface area (Å²) in [6, 6.07) is 37.8. The molecule has 0 amide bonds. The van der Waals surface area contributed by atoms with Gasteiger partial charge in [0, 0.05) is 55.0 Å². The fraction of sp³-hybridized carbons (Fsp3) is 0.125. The summed E-state index contributed by atoms with van der Waals surface area (Å²) in [7, 11) is 2.03. The van der Waals surface area contributed by atoms with Gasteiger partial charge in [0.15, 0.2) is 5.58 Å². The zero-order valence-corrected chi connectivity index (χ0v) is 29.0. The van der Waals surface area contributed by atoms with Gasteiger partial charge < -0.3 is 23.5 Å². The fourth-order valence-electron chi connectivity index (χ4n) is 6.62. The van der Waals surface area contributed by atoms with Crippen LogP contribution in [0.4, 0.5) is 17.1 Å². The zero-order valence-electron chi connectivity index (χ0n) is 26.8. The average Bonchev–Trinajstić information content (AvgIpc) is 3.73. The normalized spacial score (nSPS) is 13.1. The van der Waals surface area contributed by atoms with Gasteiger partial charge in [-0.1, -0.05) is 62.7 Å². The molecule has 0 radical (unpaired) electrons. The molecule has 0 fully saturated rings. The largest absolute Gasteiger partial charge is 0.503 e. The van der Waals surface area contributed by atoms with Crippen LogP contribution in [0.15, 0.2) is 108 Å². The molecule has 48 heavy (non-hydrogen) atoms. The quantitative estimate of drug-likeness (QED) is 0.165. The van der Waals surface area contributed by atoms with Gasteiger partial charge in [0.05, 0.1) is 5.69 Å². The van der Waals surface area contributed by atoms with Crippen LogP contribution in [0.2, 0.25) is 0 Å². The first-order valence-corrected chi connectivity index (χ1v) is 15.6. The minimum absolute atomic E-state index is 0. The Hall–Kier alpha value is -5.13. The molecular weight excluding hydrogens is 778 g/mol. The summed E-state index contributed by atoms with van der Waals surface area (Å²) in [4.78, 5) is 13.5. The maximum atomic E-state index is 6.35. The van der Waals surface area contributed by atoms with Gasteiger partial charge in [-0.05, 0) is 66.0 Å². The van der Waals surface area contributed by atoms with E-state index < -0.39 is 0 Å². The maximum absolute atomic E-state index is 6.35. The van der Waals surface area contributed by atoms with Gasteiger partial charge in [-0.3, -0.25) is 4.98 Å². The number of hydrogen-bond acceptors (Lipinski definition) is 6. The molecule has 0 bridgehead atoms. The number of aromatic nitrogens is 3. The Morgan fingerprint density at radius 3 is 2.42 bits per heavy atom. The van der Waals surface area contributed by atoms with Gasteiger partial charge >= 0.3 is 0 Å². The minimum Gasteiger partial charge on any atom is -0.503 e. The molecule has 0 spiro atoms. The van der Waals surface area contributed by atoms with Crippen LogP contribution in [0.25, 0.3) is 49.6 Å². The SMILES string of the molecule is CN1[CH-]N(c2[c-]c(Oc3[c-]c4c(cc3)c3ccccc3n4-c3cc(C(C)(C)C)ccn3)ncc2)c2ccc3c(oc4ccccc43)c21.[Pt]. The van der Waals surface area contributed by atoms with Crippen LogP contribution in [0.5, 0.6) is 11.6 Å². The topological polar surface area (TPSA) is 59.6 Å². The summed E-state index contributed by atoms with van der Waals surface area (Å²) in [5, 5.41) is 4.40. The van der Waals surface area contributed by atoms with Crippen LogP contribution in [-0.4, -0.2) is 21.6 Å². The number of pyridine rings is 2. The number of rotatable bonds is 4. The van der Waals surface area contributed by atoms with Crippen molar-refractivity contribution in [3.63, 3.8) is 0 Å². The van der Waals surface area contributed by atoms with E-state index in [9.17, 15) is 0 Å². The number of anilines is 3.